The lowest BCUT2D eigenvalue weighted by Gasteiger charge is -2.13. The molecule has 0 aliphatic carbocycles. The monoisotopic (exact) mass is 281 g/mol. The zero-order valence-corrected chi connectivity index (χ0v) is 10.6. The fourth-order valence-corrected chi connectivity index (χ4v) is 1.93. The average molecular weight is 282 g/mol. The maximum absolute atomic E-state index is 13.3. The number of rotatable bonds is 2. The Morgan fingerprint density at radius 2 is 2.05 bits per heavy atom. The minimum absolute atomic E-state index is 0.254. The molecule has 0 aliphatic rings. The van der Waals surface area contributed by atoms with Crippen LogP contribution >= 0.6 is 11.6 Å². The Hall–Kier alpha value is -2.14. The van der Waals surface area contributed by atoms with Crippen molar-refractivity contribution in [1.82, 2.24) is 4.57 Å². The molecule has 0 unspecified atom stereocenters. The summed E-state index contributed by atoms with van der Waals surface area (Å²) in [6.45, 7) is 1.61. The number of benzene rings is 1. The van der Waals surface area contributed by atoms with Crippen molar-refractivity contribution in [2.45, 2.75) is 6.92 Å². The molecule has 0 spiro atoms. The summed E-state index contributed by atoms with van der Waals surface area (Å²) in [6, 6.07) is 4.90. The molecule has 0 bridgehead atoms. The summed E-state index contributed by atoms with van der Waals surface area (Å²) in [6.07, 6.45) is 1.14. The fourth-order valence-electron chi connectivity index (χ4n) is 1.72. The van der Waals surface area contributed by atoms with Crippen LogP contribution in [-0.4, -0.2) is 15.6 Å². The van der Waals surface area contributed by atoms with Gasteiger partial charge in [-0.1, -0.05) is 11.6 Å². The van der Waals surface area contributed by atoms with Crippen molar-refractivity contribution in [3.05, 3.63) is 62.8 Å². The summed E-state index contributed by atoms with van der Waals surface area (Å²) in [5.74, 6) is -1.85. The van der Waals surface area contributed by atoms with Crippen LogP contribution in [0.5, 0.6) is 0 Å². The van der Waals surface area contributed by atoms with Gasteiger partial charge in [0.05, 0.1) is 10.7 Å². The molecule has 0 saturated heterocycles. The SMILES string of the molecule is Cc1cc(=O)c(C(=O)O)cn1-c1cc(F)ccc1Cl. The van der Waals surface area contributed by atoms with Crippen molar-refractivity contribution >= 4 is 17.6 Å². The van der Waals surface area contributed by atoms with E-state index in [-0.39, 0.29) is 10.7 Å². The first-order chi connectivity index (χ1) is 8.90. The lowest BCUT2D eigenvalue weighted by molar-refractivity contribution is 0.0695. The van der Waals surface area contributed by atoms with E-state index in [1.54, 1.807) is 6.92 Å². The van der Waals surface area contributed by atoms with E-state index in [0.717, 1.165) is 6.20 Å². The summed E-state index contributed by atoms with van der Waals surface area (Å²) in [5, 5.41) is 9.19. The molecule has 1 aromatic heterocycles. The minimum Gasteiger partial charge on any atom is -0.477 e. The van der Waals surface area contributed by atoms with Crippen molar-refractivity contribution in [3.8, 4) is 5.69 Å². The summed E-state index contributed by atoms with van der Waals surface area (Å²) in [4.78, 5) is 22.5. The van der Waals surface area contributed by atoms with E-state index in [9.17, 15) is 14.0 Å². The number of hydrogen-bond donors (Lipinski definition) is 1. The number of carboxylic acids is 1. The summed E-state index contributed by atoms with van der Waals surface area (Å²) in [7, 11) is 0. The first-order valence-corrected chi connectivity index (χ1v) is 5.70. The van der Waals surface area contributed by atoms with Crippen LogP contribution in [-0.2, 0) is 0 Å². The highest BCUT2D eigenvalue weighted by molar-refractivity contribution is 6.32. The molecule has 1 heterocycles. The lowest BCUT2D eigenvalue weighted by Crippen LogP contribution is -2.18. The highest BCUT2D eigenvalue weighted by Crippen LogP contribution is 2.22. The predicted molar refractivity (Wildman–Crippen MR) is 68.7 cm³/mol. The van der Waals surface area contributed by atoms with E-state index < -0.39 is 22.8 Å². The van der Waals surface area contributed by atoms with Crippen LogP contribution in [0.15, 0.2) is 35.3 Å². The Morgan fingerprint density at radius 1 is 1.37 bits per heavy atom. The Bertz CT molecular complexity index is 724. The van der Waals surface area contributed by atoms with Gasteiger partial charge in [0, 0.05) is 18.0 Å². The third-order valence-corrected chi connectivity index (χ3v) is 2.96. The second kappa shape index (κ2) is 4.85. The van der Waals surface area contributed by atoms with Crippen molar-refractivity contribution in [2.24, 2.45) is 0 Å². The Balaban J connectivity index is 2.75. The van der Waals surface area contributed by atoms with E-state index in [4.69, 9.17) is 16.7 Å². The topological polar surface area (TPSA) is 59.3 Å². The van der Waals surface area contributed by atoms with Crippen LogP contribution in [0.25, 0.3) is 5.69 Å². The standard InChI is InChI=1S/C13H9ClFNO3/c1-7-4-12(17)9(13(18)19)6-16(7)11-5-8(15)2-3-10(11)14/h2-6H,1H3,(H,18,19). The minimum atomic E-state index is -1.34. The van der Waals surface area contributed by atoms with Gasteiger partial charge in [0.15, 0.2) is 5.43 Å². The van der Waals surface area contributed by atoms with Crippen molar-refractivity contribution in [2.75, 3.05) is 0 Å². The molecule has 19 heavy (non-hydrogen) atoms. The second-order valence-electron chi connectivity index (χ2n) is 3.96. The van der Waals surface area contributed by atoms with Gasteiger partial charge in [0.1, 0.15) is 11.4 Å². The molecule has 0 fully saturated rings. The van der Waals surface area contributed by atoms with Crippen LogP contribution in [0.3, 0.4) is 0 Å². The quantitative estimate of drug-likeness (QED) is 0.920. The molecule has 0 aliphatic heterocycles. The smallest absolute Gasteiger partial charge is 0.341 e. The molecule has 2 rings (SSSR count). The molecule has 0 atom stereocenters. The van der Waals surface area contributed by atoms with E-state index in [2.05, 4.69) is 0 Å². The average Bonchev–Trinajstić information content (AvgIpc) is 2.32. The van der Waals surface area contributed by atoms with Gasteiger partial charge in [-0.2, -0.15) is 0 Å². The Kier molecular flexibility index (Phi) is 3.40. The van der Waals surface area contributed by atoms with Crippen molar-refractivity contribution in [3.63, 3.8) is 0 Å². The molecule has 0 saturated carbocycles. The van der Waals surface area contributed by atoms with Gasteiger partial charge >= 0.3 is 5.97 Å². The molecule has 1 aromatic carbocycles. The van der Waals surface area contributed by atoms with E-state index in [0.29, 0.717) is 5.69 Å². The zero-order valence-electron chi connectivity index (χ0n) is 9.85. The van der Waals surface area contributed by atoms with Gasteiger partial charge in [-0.15, -0.1) is 0 Å². The van der Waals surface area contributed by atoms with Crippen molar-refractivity contribution in [1.29, 1.82) is 0 Å². The number of nitrogens with zero attached hydrogens (tertiary/aromatic N) is 1. The van der Waals surface area contributed by atoms with Crippen LogP contribution in [0.4, 0.5) is 4.39 Å². The maximum Gasteiger partial charge on any atom is 0.341 e. The third-order valence-electron chi connectivity index (χ3n) is 2.64. The number of aryl methyl sites for hydroxylation is 1. The Labute approximate surface area is 112 Å². The van der Waals surface area contributed by atoms with Crippen LogP contribution < -0.4 is 5.43 Å². The number of hydrogen-bond acceptors (Lipinski definition) is 2. The highest BCUT2D eigenvalue weighted by atomic mass is 35.5. The number of aromatic carboxylic acids is 1. The molecular formula is C13H9ClFNO3. The van der Waals surface area contributed by atoms with Gasteiger partial charge in [-0.3, -0.25) is 4.79 Å². The van der Waals surface area contributed by atoms with Gasteiger partial charge < -0.3 is 9.67 Å². The van der Waals surface area contributed by atoms with E-state index in [1.165, 1.54) is 28.8 Å². The third kappa shape index (κ3) is 2.51. The van der Waals surface area contributed by atoms with Gasteiger partial charge in [-0.05, 0) is 25.1 Å². The van der Waals surface area contributed by atoms with Gasteiger partial charge in [0.2, 0.25) is 0 Å². The molecule has 0 amide bonds. The summed E-state index contributed by atoms with van der Waals surface area (Å²) >= 11 is 5.96. The van der Waals surface area contributed by atoms with Crippen LogP contribution in [0, 0.1) is 12.7 Å². The first kappa shape index (κ1) is 13.3. The predicted octanol–water partition coefficient (Wildman–Crippen LogP) is 2.64. The molecule has 1 N–H and O–H groups in total. The second-order valence-corrected chi connectivity index (χ2v) is 4.37. The maximum atomic E-state index is 13.3. The number of aromatic nitrogens is 1. The zero-order chi connectivity index (χ0) is 14.2. The molecule has 98 valence electrons. The van der Waals surface area contributed by atoms with Gasteiger partial charge in [-0.25, -0.2) is 9.18 Å². The molecule has 2 aromatic rings. The molecular weight excluding hydrogens is 273 g/mol. The first-order valence-electron chi connectivity index (χ1n) is 5.32. The van der Waals surface area contributed by atoms with E-state index >= 15 is 0 Å². The highest BCUT2D eigenvalue weighted by Gasteiger charge is 2.13. The molecule has 4 nitrogen and oxygen atoms in total. The fraction of sp³-hybridized carbons (Fsp3) is 0.0769. The largest absolute Gasteiger partial charge is 0.477 e. The van der Waals surface area contributed by atoms with Gasteiger partial charge in [0.25, 0.3) is 0 Å². The lowest BCUT2D eigenvalue weighted by atomic mass is 10.2. The van der Waals surface area contributed by atoms with Crippen LogP contribution in [0.2, 0.25) is 5.02 Å². The Morgan fingerprint density at radius 3 is 2.68 bits per heavy atom. The molecule has 6 heteroatoms. The number of pyridine rings is 1. The van der Waals surface area contributed by atoms with Crippen LogP contribution in [0.1, 0.15) is 16.1 Å². The van der Waals surface area contributed by atoms with Crippen molar-refractivity contribution < 1.29 is 14.3 Å². The number of carbonyl (C=O) groups is 1. The number of halogens is 2. The van der Waals surface area contributed by atoms with E-state index in [1.807, 2.05) is 0 Å². The number of carboxylic acid groups (broad SMARTS) is 1. The summed E-state index contributed by atoms with van der Waals surface area (Å²) in [5.41, 5.74) is -0.260. The normalized spacial score (nSPS) is 10.5. The molecule has 0 radical (unpaired) electrons. The summed E-state index contributed by atoms with van der Waals surface area (Å²) < 4.78 is 14.6.